The van der Waals surface area contributed by atoms with E-state index < -0.39 is 0 Å². The zero-order valence-corrected chi connectivity index (χ0v) is 11.6. The largest absolute Gasteiger partial charge is 0.399 e. The number of carbonyl (C=O) groups excluding carboxylic acids is 1. The van der Waals surface area contributed by atoms with E-state index in [2.05, 4.69) is 17.3 Å². The van der Waals surface area contributed by atoms with E-state index in [0.29, 0.717) is 12.1 Å². The van der Waals surface area contributed by atoms with Crippen molar-refractivity contribution in [3.05, 3.63) is 24.3 Å². The van der Waals surface area contributed by atoms with Crippen LogP contribution in [0.3, 0.4) is 0 Å². The van der Waals surface area contributed by atoms with Crippen LogP contribution in [0.5, 0.6) is 0 Å². The molecule has 1 fully saturated rings. The van der Waals surface area contributed by atoms with E-state index in [4.69, 9.17) is 5.73 Å². The Morgan fingerprint density at radius 2 is 2.05 bits per heavy atom. The van der Waals surface area contributed by atoms with Crippen LogP contribution < -0.4 is 11.1 Å². The Kier molecular flexibility index (Phi) is 4.80. The third-order valence-corrected chi connectivity index (χ3v) is 3.71. The van der Waals surface area contributed by atoms with Gasteiger partial charge in [-0.15, -0.1) is 0 Å². The molecule has 0 aromatic heterocycles. The quantitative estimate of drug-likeness (QED) is 0.773. The van der Waals surface area contributed by atoms with Crippen molar-refractivity contribution in [1.82, 2.24) is 4.90 Å². The van der Waals surface area contributed by atoms with Gasteiger partial charge in [0.2, 0.25) is 5.91 Å². The van der Waals surface area contributed by atoms with Gasteiger partial charge in [-0.05, 0) is 50.1 Å². The van der Waals surface area contributed by atoms with Crippen LogP contribution in [0.25, 0.3) is 0 Å². The Morgan fingerprint density at radius 1 is 1.37 bits per heavy atom. The Morgan fingerprint density at radius 3 is 2.63 bits per heavy atom. The summed E-state index contributed by atoms with van der Waals surface area (Å²) in [5.74, 6) is 0.912. The highest BCUT2D eigenvalue weighted by molar-refractivity contribution is 5.90. The molecule has 1 aromatic rings. The van der Waals surface area contributed by atoms with Crippen molar-refractivity contribution in [2.24, 2.45) is 5.92 Å². The van der Waals surface area contributed by atoms with Gasteiger partial charge in [-0.2, -0.15) is 0 Å². The first-order valence-electron chi connectivity index (χ1n) is 6.97. The lowest BCUT2D eigenvalue weighted by atomic mass is 9.85. The molecule has 1 aliphatic rings. The molecule has 0 unspecified atom stereocenters. The van der Waals surface area contributed by atoms with Gasteiger partial charge in [0.25, 0.3) is 0 Å². The Labute approximate surface area is 115 Å². The summed E-state index contributed by atoms with van der Waals surface area (Å²) < 4.78 is 0. The molecule has 0 saturated heterocycles. The molecule has 1 aliphatic carbocycles. The molecule has 0 radical (unpaired) electrons. The lowest BCUT2D eigenvalue weighted by Crippen LogP contribution is -2.31. The molecule has 1 amide bonds. The van der Waals surface area contributed by atoms with E-state index in [9.17, 15) is 4.79 Å². The smallest absolute Gasteiger partial charge is 0.225 e. The molecule has 0 aliphatic heterocycles. The van der Waals surface area contributed by atoms with Gasteiger partial charge >= 0.3 is 0 Å². The third kappa shape index (κ3) is 4.56. The van der Waals surface area contributed by atoms with Crippen molar-refractivity contribution in [3.8, 4) is 0 Å². The van der Waals surface area contributed by atoms with Gasteiger partial charge < -0.3 is 16.0 Å². The van der Waals surface area contributed by atoms with Gasteiger partial charge in [-0.3, -0.25) is 4.79 Å². The van der Waals surface area contributed by atoms with Crippen LogP contribution in [0, 0.1) is 5.92 Å². The Hall–Kier alpha value is -1.55. The highest BCUT2D eigenvalue weighted by Crippen LogP contribution is 2.26. The van der Waals surface area contributed by atoms with Crippen molar-refractivity contribution in [2.45, 2.75) is 25.7 Å². The van der Waals surface area contributed by atoms with E-state index >= 15 is 0 Å². The van der Waals surface area contributed by atoms with Gasteiger partial charge in [0.1, 0.15) is 0 Å². The second-order valence-electron chi connectivity index (χ2n) is 5.48. The fourth-order valence-electron chi connectivity index (χ4n) is 2.29. The Balaban J connectivity index is 1.67. The van der Waals surface area contributed by atoms with Gasteiger partial charge in [0.15, 0.2) is 0 Å². The standard InChI is InChI=1S/C15H23N3O/c1-18(11-12-3-2-4-12)10-9-15(19)17-14-7-5-13(16)6-8-14/h5-8,12H,2-4,9-11,16H2,1H3,(H,17,19). The maximum Gasteiger partial charge on any atom is 0.225 e. The summed E-state index contributed by atoms with van der Waals surface area (Å²) in [5, 5.41) is 2.88. The maximum atomic E-state index is 11.8. The summed E-state index contributed by atoms with van der Waals surface area (Å²) in [4.78, 5) is 14.1. The number of carbonyl (C=O) groups is 1. The number of hydrogen-bond donors (Lipinski definition) is 2. The number of nitrogens with two attached hydrogens (primary N) is 1. The molecular weight excluding hydrogens is 238 g/mol. The number of amides is 1. The monoisotopic (exact) mass is 261 g/mol. The first kappa shape index (κ1) is 13.9. The number of nitrogens with zero attached hydrogens (tertiary/aromatic N) is 1. The van der Waals surface area contributed by atoms with Crippen molar-refractivity contribution < 1.29 is 4.79 Å². The van der Waals surface area contributed by atoms with E-state index in [1.807, 2.05) is 12.1 Å². The van der Waals surface area contributed by atoms with E-state index in [1.54, 1.807) is 12.1 Å². The maximum absolute atomic E-state index is 11.8. The van der Waals surface area contributed by atoms with Crippen molar-refractivity contribution in [1.29, 1.82) is 0 Å². The normalized spacial score (nSPS) is 15.3. The summed E-state index contributed by atoms with van der Waals surface area (Å²) in [6.45, 7) is 1.94. The number of nitrogen functional groups attached to an aromatic ring is 1. The zero-order valence-electron chi connectivity index (χ0n) is 11.6. The fourth-order valence-corrected chi connectivity index (χ4v) is 2.29. The minimum Gasteiger partial charge on any atom is -0.399 e. The average Bonchev–Trinajstić information content (AvgIpc) is 2.34. The molecule has 19 heavy (non-hydrogen) atoms. The molecule has 0 spiro atoms. The predicted octanol–water partition coefficient (Wildman–Crippen LogP) is 2.33. The van der Waals surface area contributed by atoms with Crippen molar-refractivity contribution in [3.63, 3.8) is 0 Å². The highest BCUT2D eigenvalue weighted by Gasteiger charge is 2.19. The van der Waals surface area contributed by atoms with Crippen LogP contribution in [-0.4, -0.2) is 30.9 Å². The predicted molar refractivity (Wildman–Crippen MR) is 78.9 cm³/mol. The lowest BCUT2D eigenvalue weighted by molar-refractivity contribution is -0.116. The van der Waals surface area contributed by atoms with Crippen LogP contribution in [-0.2, 0) is 4.79 Å². The first-order chi connectivity index (χ1) is 9.13. The van der Waals surface area contributed by atoms with Gasteiger partial charge in [-0.25, -0.2) is 0 Å². The molecule has 0 atom stereocenters. The van der Waals surface area contributed by atoms with Crippen LogP contribution in [0.4, 0.5) is 11.4 Å². The fraction of sp³-hybridized carbons (Fsp3) is 0.533. The summed E-state index contributed by atoms with van der Waals surface area (Å²) >= 11 is 0. The molecule has 104 valence electrons. The number of nitrogens with one attached hydrogen (secondary N) is 1. The molecule has 0 bridgehead atoms. The molecule has 0 heterocycles. The van der Waals surface area contributed by atoms with Gasteiger partial charge in [0.05, 0.1) is 0 Å². The molecule has 2 rings (SSSR count). The summed E-state index contributed by atoms with van der Waals surface area (Å²) in [5.41, 5.74) is 7.11. The van der Waals surface area contributed by atoms with Crippen LogP contribution in [0.1, 0.15) is 25.7 Å². The second kappa shape index (κ2) is 6.57. The van der Waals surface area contributed by atoms with E-state index in [0.717, 1.165) is 24.7 Å². The zero-order chi connectivity index (χ0) is 13.7. The molecule has 1 saturated carbocycles. The summed E-state index contributed by atoms with van der Waals surface area (Å²) in [6, 6.07) is 7.23. The minimum atomic E-state index is 0.0604. The van der Waals surface area contributed by atoms with E-state index in [-0.39, 0.29) is 5.91 Å². The average molecular weight is 261 g/mol. The minimum absolute atomic E-state index is 0.0604. The van der Waals surface area contributed by atoms with E-state index in [1.165, 1.54) is 19.3 Å². The second-order valence-corrected chi connectivity index (χ2v) is 5.48. The summed E-state index contributed by atoms with van der Waals surface area (Å²) in [6.07, 6.45) is 4.60. The topological polar surface area (TPSA) is 58.4 Å². The SMILES string of the molecule is CN(CCC(=O)Nc1ccc(N)cc1)CC1CCC1. The molecular formula is C15H23N3O. The van der Waals surface area contributed by atoms with Gasteiger partial charge in [-0.1, -0.05) is 6.42 Å². The Bertz CT molecular complexity index is 412. The molecule has 4 nitrogen and oxygen atoms in total. The third-order valence-electron chi connectivity index (χ3n) is 3.71. The van der Waals surface area contributed by atoms with Crippen molar-refractivity contribution in [2.75, 3.05) is 31.2 Å². The van der Waals surface area contributed by atoms with Crippen LogP contribution in [0.15, 0.2) is 24.3 Å². The molecule has 4 heteroatoms. The summed E-state index contributed by atoms with van der Waals surface area (Å²) in [7, 11) is 2.09. The molecule has 1 aromatic carbocycles. The number of hydrogen-bond acceptors (Lipinski definition) is 3. The molecule has 3 N–H and O–H groups in total. The number of benzene rings is 1. The number of anilines is 2. The van der Waals surface area contributed by atoms with Crippen LogP contribution >= 0.6 is 0 Å². The number of rotatable bonds is 6. The first-order valence-corrected chi connectivity index (χ1v) is 6.97. The highest BCUT2D eigenvalue weighted by atomic mass is 16.1. The van der Waals surface area contributed by atoms with Gasteiger partial charge in [0, 0.05) is 30.9 Å². The lowest BCUT2D eigenvalue weighted by Gasteiger charge is -2.29. The van der Waals surface area contributed by atoms with Crippen molar-refractivity contribution >= 4 is 17.3 Å². The van der Waals surface area contributed by atoms with Crippen LogP contribution in [0.2, 0.25) is 0 Å².